The Hall–Kier alpha value is -1.65. The van der Waals surface area contributed by atoms with Crippen LogP contribution >= 0.6 is 11.6 Å². The first-order valence-electron chi connectivity index (χ1n) is 7.77. The molecule has 3 nitrogen and oxygen atoms in total. The number of nitrogens with zero attached hydrogens (tertiary/aromatic N) is 2. The van der Waals surface area contributed by atoms with Gasteiger partial charge in [-0.3, -0.25) is 0 Å². The molecule has 5 heteroatoms. The van der Waals surface area contributed by atoms with E-state index in [1.54, 1.807) is 0 Å². The summed E-state index contributed by atoms with van der Waals surface area (Å²) in [6.45, 7) is 4.22. The molecule has 0 bridgehead atoms. The van der Waals surface area contributed by atoms with Crippen molar-refractivity contribution < 1.29 is 0 Å². The minimum atomic E-state index is 0.541. The number of hydrogen-bond acceptors (Lipinski definition) is 2. The minimum absolute atomic E-state index is 0.541. The predicted molar refractivity (Wildman–Crippen MR) is 92.3 cm³/mol. The SMILES string of the molecule is Clc1ccc(-n2nc(C3CCNCC3)c3ccbcc32)cc1. The van der Waals surface area contributed by atoms with E-state index in [9.17, 15) is 0 Å². The Kier molecular flexibility index (Phi) is 3.72. The maximum atomic E-state index is 6.01. The van der Waals surface area contributed by atoms with Gasteiger partial charge < -0.3 is 0 Å². The Labute approximate surface area is 135 Å². The Balaban J connectivity index is 1.86. The molecular formula is C17H17BClN3. The molecule has 1 aliphatic heterocycles. The number of benzene rings is 1. The molecule has 4 rings (SSSR count). The van der Waals surface area contributed by atoms with Crippen LogP contribution in [0.4, 0.5) is 0 Å². The predicted octanol–water partition coefficient (Wildman–Crippen LogP) is 3.48. The van der Waals surface area contributed by atoms with E-state index < -0.39 is 0 Å². The Morgan fingerprint density at radius 3 is 2.68 bits per heavy atom. The molecule has 0 spiro atoms. The van der Waals surface area contributed by atoms with Crippen molar-refractivity contribution in [1.29, 1.82) is 0 Å². The first-order chi connectivity index (χ1) is 10.8. The third-order valence-corrected chi connectivity index (χ3v) is 4.66. The van der Waals surface area contributed by atoms with Gasteiger partial charge in [-0.15, -0.1) is 0 Å². The van der Waals surface area contributed by atoms with Gasteiger partial charge in [-0.2, -0.15) is 0 Å². The van der Waals surface area contributed by atoms with E-state index >= 15 is 0 Å². The standard InChI is InChI=1S/C17H17BClN3/c19-13-1-3-14(4-2-13)22-16-11-18-8-5-15(16)17(21-22)12-6-9-20-10-7-12/h1-5,8,11-12,20H,6-7,9-10H2. The van der Waals surface area contributed by atoms with Gasteiger partial charge in [0, 0.05) is 0 Å². The molecule has 1 N–H and O–H groups in total. The van der Waals surface area contributed by atoms with Crippen molar-refractivity contribution in [3.05, 3.63) is 53.0 Å². The maximum absolute atomic E-state index is 6.01. The third kappa shape index (κ3) is 2.47. The van der Waals surface area contributed by atoms with Gasteiger partial charge in [-0.25, -0.2) is 0 Å². The fourth-order valence-corrected chi connectivity index (χ4v) is 3.39. The second-order valence-corrected chi connectivity index (χ2v) is 6.25. The van der Waals surface area contributed by atoms with Gasteiger partial charge >= 0.3 is 135 Å². The first kappa shape index (κ1) is 14.0. The van der Waals surface area contributed by atoms with Crippen LogP contribution in [0, 0.1) is 0 Å². The van der Waals surface area contributed by atoms with Gasteiger partial charge in [-0.1, -0.05) is 0 Å². The molecule has 110 valence electrons. The summed E-state index contributed by atoms with van der Waals surface area (Å²) in [5.41, 5.74) is 3.45. The molecule has 0 amide bonds. The second-order valence-electron chi connectivity index (χ2n) is 5.81. The van der Waals surface area contributed by atoms with Crippen molar-refractivity contribution in [2.24, 2.45) is 0 Å². The molecule has 3 heterocycles. The molecule has 0 unspecified atom stereocenters. The third-order valence-electron chi connectivity index (χ3n) is 4.41. The van der Waals surface area contributed by atoms with Crippen molar-refractivity contribution >= 4 is 29.4 Å². The summed E-state index contributed by atoms with van der Waals surface area (Å²) in [6.07, 6.45) is 2.31. The van der Waals surface area contributed by atoms with Gasteiger partial charge in [0.1, 0.15) is 0 Å². The van der Waals surface area contributed by atoms with Gasteiger partial charge in [0.05, 0.1) is 0 Å². The summed E-state index contributed by atoms with van der Waals surface area (Å²) < 4.78 is 2.04. The van der Waals surface area contributed by atoms with Crippen molar-refractivity contribution in [3.8, 4) is 5.69 Å². The summed E-state index contributed by atoms with van der Waals surface area (Å²) in [4.78, 5) is 0. The zero-order valence-electron chi connectivity index (χ0n) is 12.3. The first-order valence-corrected chi connectivity index (χ1v) is 8.15. The van der Waals surface area contributed by atoms with E-state index in [2.05, 4.69) is 30.2 Å². The number of hydrogen-bond donors (Lipinski definition) is 1. The Morgan fingerprint density at radius 2 is 1.91 bits per heavy atom. The van der Waals surface area contributed by atoms with Crippen LogP contribution in [-0.2, 0) is 0 Å². The summed E-state index contributed by atoms with van der Waals surface area (Å²) in [7, 11) is 0. The number of nitrogens with one attached hydrogen (secondary N) is 1. The number of aromatic nitrogens is 2. The summed E-state index contributed by atoms with van der Waals surface area (Å²) in [6, 6.07) is 10.1. The van der Waals surface area contributed by atoms with Crippen LogP contribution in [0.5, 0.6) is 0 Å². The number of halogens is 1. The summed E-state index contributed by atoms with van der Waals surface area (Å²) in [5, 5.41) is 10.4. The Morgan fingerprint density at radius 1 is 1.14 bits per heavy atom. The molecule has 1 saturated heterocycles. The van der Waals surface area contributed by atoms with E-state index in [1.807, 2.05) is 28.9 Å². The number of rotatable bonds is 2. The van der Waals surface area contributed by atoms with Crippen LogP contribution in [0.25, 0.3) is 16.6 Å². The molecule has 1 aliphatic rings. The van der Waals surface area contributed by atoms with Crippen LogP contribution in [0.2, 0.25) is 5.02 Å². The zero-order valence-corrected chi connectivity index (χ0v) is 13.1. The van der Waals surface area contributed by atoms with Crippen LogP contribution in [-0.4, -0.2) is 29.8 Å². The van der Waals surface area contributed by atoms with Gasteiger partial charge in [0.2, 0.25) is 0 Å². The van der Waals surface area contributed by atoms with Crippen LogP contribution in [0.15, 0.2) is 42.3 Å². The average molecular weight is 310 g/mol. The second kappa shape index (κ2) is 5.86. The molecule has 0 aliphatic carbocycles. The fourth-order valence-electron chi connectivity index (χ4n) is 3.27. The summed E-state index contributed by atoms with van der Waals surface area (Å²) in [5.74, 6) is 4.78. The van der Waals surface area contributed by atoms with Crippen molar-refractivity contribution in [3.63, 3.8) is 0 Å². The number of piperidine rings is 1. The zero-order chi connectivity index (χ0) is 14.9. The van der Waals surface area contributed by atoms with E-state index in [-0.39, 0.29) is 0 Å². The van der Waals surface area contributed by atoms with Crippen molar-refractivity contribution in [2.45, 2.75) is 18.8 Å². The quantitative estimate of drug-likeness (QED) is 0.785. The molecule has 2 aromatic heterocycles. The monoisotopic (exact) mass is 309 g/mol. The molecule has 1 fully saturated rings. The van der Waals surface area contributed by atoms with Gasteiger partial charge in [0.15, 0.2) is 0 Å². The molecule has 0 saturated carbocycles. The van der Waals surface area contributed by atoms with E-state index in [1.165, 1.54) is 16.6 Å². The Bertz CT molecular complexity index is 791. The molecule has 0 radical (unpaired) electrons. The average Bonchev–Trinajstić information content (AvgIpc) is 2.96. The van der Waals surface area contributed by atoms with Crippen LogP contribution in [0.1, 0.15) is 24.5 Å². The topological polar surface area (TPSA) is 29.9 Å². The fraction of sp³-hybridized carbons (Fsp3) is 0.294. The number of fused-ring (bicyclic) bond motifs is 1. The van der Waals surface area contributed by atoms with E-state index in [4.69, 9.17) is 16.7 Å². The van der Waals surface area contributed by atoms with Crippen molar-refractivity contribution in [2.75, 3.05) is 13.1 Å². The molecular weight excluding hydrogens is 292 g/mol. The molecule has 1 aromatic carbocycles. The molecule has 22 heavy (non-hydrogen) atoms. The van der Waals surface area contributed by atoms with E-state index in [0.29, 0.717) is 5.92 Å². The van der Waals surface area contributed by atoms with Gasteiger partial charge in [-0.05, 0) is 0 Å². The molecule has 3 aromatic rings. The molecule has 0 atom stereocenters. The van der Waals surface area contributed by atoms with E-state index in [0.717, 1.165) is 36.6 Å². The van der Waals surface area contributed by atoms with Crippen LogP contribution < -0.4 is 5.32 Å². The van der Waals surface area contributed by atoms with Crippen molar-refractivity contribution in [1.82, 2.24) is 15.1 Å². The normalized spacial score (nSPS) is 16.0. The summed E-state index contributed by atoms with van der Waals surface area (Å²) >= 11 is 6.01. The van der Waals surface area contributed by atoms with Crippen LogP contribution in [0.3, 0.4) is 0 Å². The van der Waals surface area contributed by atoms with Gasteiger partial charge in [0.25, 0.3) is 0 Å².